The summed E-state index contributed by atoms with van der Waals surface area (Å²) in [5.41, 5.74) is 3.92. The predicted molar refractivity (Wildman–Crippen MR) is 148 cm³/mol. The molecular formula is C26H32N6O2S2. The van der Waals surface area contributed by atoms with Crippen LogP contribution in [0.15, 0.2) is 53.4 Å². The number of anilines is 3. The molecule has 4 rings (SSSR count). The number of carbonyl (C=O) groups excluding carboxylic acids is 1. The fourth-order valence-electron chi connectivity index (χ4n) is 3.89. The van der Waals surface area contributed by atoms with Crippen molar-refractivity contribution < 1.29 is 9.53 Å². The van der Waals surface area contributed by atoms with E-state index >= 15 is 0 Å². The van der Waals surface area contributed by atoms with Crippen molar-refractivity contribution in [1.29, 1.82) is 0 Å². The molecule has 1 saturated heterocycles. The van der Waals surface area contributed by atoms with E-state index < -0.39 is 6.09 Å². The van der Waals surface area contributed by atoms with E-state index in [2.05, 4.69) is 51.4 Å². The molecule has 0 atom stereocenters. The Morgan fingerprint density at radius 3 is 2.86 bits per heavy atom. The van der Waals surface area contributed by atoms with Crippen molar-refractivity contribution in [2.75, 3.05) is 35.2 Å². The van der Waals surface area contributed by atoms with Gasteiger partial charge in [0.1, 0.15) is 17.4 Å². The van der Waals surface area contributed by atoms with Gasteiger partial charge in [-0.25, -0.2) is 9.78 Å². The maximum absolute atomic E-state index is 11.8. The van der Waals surface area contributed by atoms with E-state index in [1.54, 1.807) is 23.1 Å². The highest BCUT2D eigenvalue weighted by molar-refractivity contribution is 8.00. The van der Waals surface area contributed by atoms with Crippen LogP contribution in [0.2, 0.25) is 0 Å². The number of thioether (sulfide) groups is 1. The second kappa shape index (κ2) is 13.3. The maximum atomic E-state index is 11.8. The van der Waals surface area contributed by atoms with Crippen LogP contribution in [0.5, 0.6) is 0 Å². The molecule has 190 valence electrons. The number of hydrogen-bond acceptors (Lipinski definition) is 9. The third-order valence-electron chi connectivity index (χ3n) is 5.66. The minimum atomic E-state index is -0.500. The monoisotopic (exact) mass is 524 g/mol. The first-order valence-corrected chi connectivity index (χ1v) is 14.0. The van der Waals surface area contributed by atoms with Crippen molar-refractivity contribution in [3.05, 3.63) is 65.3 Å². The quantitative estimate of drug-likeness (QED) is 0.229. The van der Waals surface area contributed by atoms with Gasteiger partial charge < -0.3 is 15.0 Å². The van der Waals surface area contributed by atoms with Crippen molar-refractivity contribution in [1.82, 2.24) is 15.2 Å². The molecule has 0 aliphatic carbocycles. The number of carbonyl (C=O) groups is 1. The van der Waals surface area contributed by atoms with Gasteiger partial charge in [0.15, 0.2) is 4.34 Å². The molecule has 2 aromatic heterocycles. The number of amides is 1. The maximum Gasteiger partial charge on any atom is 0.411 e. The fraction of sp³-hybridized carbons (Fsp3) is 0.385. The largest absolute Gasteiger partial charge is 0.445 e. The number of rotatable bonds is 11. The fourth-order valence-corrected chi connectivity index (χ4v) is 5.61. The molecule has 1 aromatic carbocycles. The summed E-state index contributed by atoms with van der Waals surface area (Å²) in [6.07, 6.45) is 5.66. The van der Waals surface area contributed by atoms with Crippen LogP contribution in [0.25, 0.3) is 0 Å². The van der Waals surface area contributed by atoms with Crippen LogP contribution in [0.1, 0.15) is 42.5 Å². The summed E-state index contributed by atoms with van der Waals surface area (Å²) < 4.78 is 5.98. The standard InChI is InChI=1S/C26H32N6O2S2/c1-3-13-34-25(33)29-20-10-8-9-19(14-20)17-27-23-16-22(32-11-6-5-7-12-32)15-21(28-23)18-35-26-31-30-24(4-2)36-26/h3,8-10,14-16H,1,4-7,11-13,17-18H2,2H3,(H,27,28)(H,29,33). The Morgan fingerprint density at radius 2 is 2.08 bits per heavy atom. The molecule has 0 bridgehead atoms. The summed E-state index contributed by atoms with van der Waals surface area (Å²) in [6.45, 7) is 8.54. The Bertz CT molecular complexity index is 1160. The SMILES string of the molecule is C=CCOC(=O)Nc1cccc(CNc2cc(N3CCCCC3)cc(CSc3nnc(CC)s3)n2)c1. The highest BCUT2D eigenvalue weighted by Gasteiger charge is 2.14. The summed E-state index contributed by atoms with van der Waals surface area (Å²) in [7, 11) is 0. The summed E-state index contributed by atoms with van der Waals surface area (Å²) >= 11 is 3.33. The molecular weight excluding hydrogens is 492 g/mol. The van der Waals surface area contributed by atoms with Gasteiger partial charge in [-0.15, -0.1) is 10.2 Å². The zero-order chi connectivity index (χ0) is 25.2. The molecule has 8 nitrogen and oxygen atoms in total. The molecule has 0 spiro atoms. The van der Waals surface area contributed by atoms with Crippen LogP contribution >= 0.6 is 23.1 Å². The number of piperidine rings is 1. The van der Waals surface area contributed by atoms with Crippen LogP contribution in [0.3, 0.4) is 0 Å². The van der Waals surface area contributed by atoms with E-state index in [9.17, 15) is 4.79 Å². The normalized spacial score (nSPS) is 13.3. The number of nitrogens with zero attached hydrogens (tertiary/aromatic N) is 4. The third-order valence-corrected chi connectivity index (χ3v) is 7.89. The second-order valence-electron chi connectivity index (χ2n) is 8.42. The molecule has 36 heavy (non-hydrogen) atoms. The van der Waals surface area contributed by atoms with Gasteiger partial charge in [-0.05, 0) is 49.4 Å². The van der Waals surface area contributed by atoms with Crippen molar-refractivity contribution >= 4 is 46.4 Å². The number of benzene rings is 1. The van der Waals surface area contributed by atoms with Gasteiger partial charge in [0, 0.05) is 42.8 Å². The van der Waals surface area contributed by atoms with E-state index in [0.29, 0.717) is 12.2 Å². The molecule has 1 aliphatic heterocycles. The highest BCUT2D eigenvalue weighted by atomic mass is 32.2. The van der Waals surface area contributed by atoms with Crippen molar-refractivity contribution in [3.8, 4) is 0 Å². The number of nitrogens with one attached hydrogen (secondary N) is 2. The number of ether oxygens (including phenoxy) is 1. The average molecular weight is 525 g/mol. The third kappa shape index (κ3) is 7.69. The lowest BCUT2D eigenvalue weighted by Crippen LogP contribution is -2.29. The Hall–Kier alpha value is -3.11. The van der Waals surface area contributed by atoms with E-state index in [1.165, 1.54) is 31.0 Å². The van der Waals surface area contributed by atoms with Gasteiger partial charge in [0.05, 0.1) is 5.69 Å². The van der Waals surface area contributed by atoms with Crippen LogP contribution in [0, 0.1) is 0 Å². The topological polar surface area (TPSA) is 92.3 Å². The van der Waals surface area contributed by atoms with E-state index in [4.69, 9.17) is 9.72 Å². The van der Waals surface area contributed by atoms with Gasteiger partial charge in [-0.1, -0.05) is 54.8 Å². The summed E-state index contributed by atoms with van der Waals surface area (Å²) in [5, 5.41) is 15.8. The second-order valence-corrected chi connectivity index (χ2v) is 10.7. The molecule has 2 N–H and O–H groups in total. The minimum absolute atomic E-state index is 0.172. The first-order valence-electron chi connectivity index (χ1n) is 12.2. The molecule has 1 fully saturated rings. The lowest BCUT2D eigenvalue weighted by atomic mass is 10.1. The number of aromatic nitrogens is 3. The molecule has 0 unspecified atom stereocenters. The predicted octanol–water partition coefficient (Wildman–Crippen LogP) is 6.12. The van der Waals surface area contributed by atoms with E-state index in [0.717, 1.165) is 51.7 Å². The van der Waals surface area contributed by atoms with Gasteiger partial charge in [-0.3, -0.25) is 5.32 Å². The van der Waals surface area contributed by atoms with Crippen LogP contribution in [0.4, 0.5) is 22.0 Å². The van der Waals surface area contributed by atoms with Crippen LogP contribution in [-0.2, 0) is 23.5 Å². The highest BCUT2D eigenvalue weighted by Crippen LogP contribution is 2.29. The molecule has 1 aliphatic rings. The van der Waals surface area contributed by atoms with Crippen LogP contribution in [-0.4, -0.2) is 41.0 Å². The Balaban J connectivity index is 1.45. The Morgan fingerprint density at radius 1 is 1.22 bits per heavy atom. The van der Waals surface area contributed by atoms with Crippen LogP contribution < -0.4 is 15.5 Å². The Labute approximate surface area is 220 Å². The molecule has 10 heteroatoms. The first kappa shape index (κ1) is 26.0. The van der Waals surface area contributed by atoms with Gasteiger partial charge >= 0.3 is 6.09 Å². The summed E-state index contributed by atoms with van der Waals surface area (Å²) in [4.78, 5) is 19.2. The van der Waals surface area contributed by atoms with E-state index in [1.807, 2.05) is 24.3 Å². The summed E-state index contributed by atoms with van der Waals surface area (Å²) in [6, 6.07) is 12.0. The zero-order valence-electron chi connectivity index (χ0n) is 20.5. The molecule has 3 heterocycles. The smallest absolute Gasteiger partial charge is 0.411 e. The molecule has 0 radical (unpaired) electrons. The first-order chi connectivity index (χ1) is 17.6. The van der Waals surface area contributed by atoms with Gasteiger partial charge in [0.2, 0.25) is 0 Å². The van der Waals surface area contributed by atoms with Crippen molar-refractivity contribution in [2.45, 2.75) is 49.2 Å². The Kier molecular flexibility index (Phi) is 9.57. The number of aryl methyl sites for hydroxylation is 1. The van der Waals surface area contributed by atoms with Gasteiger partial charge in [-0.2, -0.15) is 0 Å². The minimum Gasteiger partial charge on any atom is -0.445 e. The van der Waals surface area contributed by atoms with Gasteiger partial charge in [0.25, 0.3) is 0 Å². The van der Waals surface area contributed by atoms with E-state index in [-0.39, 0.29) is 6.61 Å². The lowest BCUT2D eigenvalue weighted by Gasteiger charge is -2.29. The molecule has 0 saturated carbocycles. The number of pyridine rings is 1. The van der Waals surface area contributed by atoms with Crippen molar-refractivity contribution in [3.63, 3.8) is 0 Å². The molecule has 3 aromatic rings. The average Bonchev–Trinajstić information content (AvgIpc) is 3.38. The van der Waals surface area contributed by atoms with Crippen molar-refractivity contribution in [2.24, 2.45) is 0 Å². The lowest BCUT2D eigenvalue weighted by molar-refractivity contribution is 0.174. The molecule has 1 amide bonds. The summed E-state index contributed by atoms with van der Waals surface area (Å²) in [5.74, 6) is 1.57. The zero-order valence-corrected chi connectivity index (χ0v) is 22.2. The number of hydrogen-bond donors (Lipinski definition) is 2.